The van der Waals surface area contributed by atoms with E-state index in [9.17, 15) is 4.79 Å². The molecule has 0 radical (unpaired) electrons. The van der Waals surface area contributed by atoms with E-state index in [0.29, 0.717) is 0 Å². The number of nitrogens with zero attached hydrogens (tertiary/aromatic N) is 3. The average Bonchev–Trinajstić information content (AvgIpc) is 3.36. The molecule has 0 unspecified atom stereocenters. The number of furan rings is 1. The maximum Gasteiger partial charge on any atom is 0.231 e. The Labute approximate surface area is 179 Å². The number of para-hydroxylation sites is 1. The fraction of sp³-hybridized carbons (Fsp3) is 0.261. The van der Waals surface area contributed by atoms with Crippen molar-refractivity contribution in [3.05, 3.63) is 65.9 Å². The molecule has 0 spiro atoms. The van der Waals surface area contributed by atoms with Crippen molar-refractivity contribution in [1.29, 1.82) is 0 Å². The van der Waals surface area contributed by atoms with Crippen LogP contribution in [0.15, 0.2) is 64.2 Å². The summed E-state index contributed by atoms with van der Waals surface area (Å²) >= 11 is 1.39. The van der Waals surface area contributed by atoms with Crippen LogP contribution < -0.4 is 5.32 Å². The van der Waals surface area contributed by atoms with Gasteiger partial charge in [0.25, 0.3) is 0 Å². The van der Waals surface area contributed by atoms with E-state index in [1.54, 1.807) is 0 Å². The van der Waals surface area contributed by atoms with E-state index in [-0.39, 0.29) is 17.7 Å². The van der Waals surface area contributed by atoms with Gasteiger partial charge in [0.05, 0.1) is 11.8 Å². The average molecular weight is 421 g/mol. The summed E-state index contributed by atoms with van der Waals surface area (Å²) in [6.45, 7) is 6.77. The SMILES string of the molecule is CCn1c(SCC(=O)N[C@H](C)c2cc3ccccc3o2)nnc1-c1ccccc1C. The van der Waals surface area contributed by atoms with Crippen molar-refractivity contribution in [1.82, 2.24) is 20.1 Å². The first kappa shape index (κ1) is 20.2. The number of benzene rings is 2. The molecule has 0 bridgehead atoms. The van der Waals surface area contributed by atoms with E-state index in [0.717, 1.165) is 45.4 Å². The highest BCUT2D eigenvalue weighted by molar-refractivity contribution is 7.99. The molecule has 0 saturated carbocycles. The van der Waals surface area contributed by atoms with Crippen LogP contribution in [-0.2, 0) is 11.3 Å². The Morgan fingerprint density at radius 2 is 1.93 bits per heavy atom. The van der Waals surface area contributed by atoms with Gasteiger partial charge in [0, 0.05) is 17.5 Å². The smallest absolute Gasteiger partial charge is 0.231 e. The number of aromatic nitrogens is 3. The van der Waals surface area contributed by atoms with E-state index in [1.165, 1.54) is 11.8 Å². The predicted octanol–water partition coefficient (Wildman–Crippen LogP) is 4.99. The monoisotopic (exact) mass is 420 g/mol. The Bertz CT molecular complexity index is 1150. The van der Waals surface area contributed by atoms with Gasteiger partial charge in [0.2, 0.25) is 5.91 Å². The Morgan fingerprint density at radius 3 is 2.70 bits per heavy atom. The fourth-order valence-corrected chi connectivity index (χ4v) is 4.22. The summed E-state index contributed by atoms with van der Waals surface area (Å²) in [5, 5.41) is 13.5. The normalized spacial score (nSPS) is 12.2. The number of hydrogen-bond acceptors (Lipinski definition) is 5. The summed E-state index contributed by atoms with van der Waals surface area (Å²) < 4.78 is 7.89. The summed E-state index contributed by atoms with van der Waals surface area (Å²) in [6, 6.07) is 17.7. The molecule has 7 heteroatoms. The van der Waals surface area contributed by atoms with Gasteiger partial charge in [-0.2, -0.15) is 0 Å². The summed E-state index contributed by atoms with van der Waals surface area (Å²) in [4.78, 5) is 12.5. The lowest BCUT2D eigenvalue weighted by Crippen LogP contribution is -2.28. The molecule has 2 aromatic heterocycles. The largest absolute Gasteiger partial charge is 0.459 e. The van der Waals surface area contributed by atoms with Crippen molar-refractivity contribution >= 4 is 28.6 Å². The highest BCUT2D eigenvalue weighted by atomic mass is 32.2. The van der Waals surface area contributed by atoms with E-state index in [1.807, 2.05) is 60.0 Å². The molecule has 1 N–H and O–H groups in total. The highest BCUT2D eigenvalue weighted by Crippen LogP contribution is 2.27. The zero-order chi connectivity index (χ0) is 21.1. The standard InChI is InChI=1S/C23H24N4O2S/c1-4-27-22(18-11-7-5-9-15(18)2)25-26-23(27)30-14-21(28)24-16(3)20-13-17-10-6-8-12-19(17)29-20/h5-13,16H,4,14H2,1-3H3,(H,24,28)/t16-/m1/s1. The molecule has 4 aromatic rings. The zero-order valence-electron chi connectivity index (χ0n) is 17.3. The second kappa shape index (κ2) is 8.75. The second-order valence-corrected chi connectivity index (χ2v) is 8.07. The third-order valence-electron chi connectivity index (χ3n) is 5.00. The molecule has 1 atom stereocenters. The minimum Gasteiger partial charge on any atom is -0.459 e. The first-order chi connectivity index (χ1) is 14.6. The Morgan fingerprint density at radius 1 is 1.17 bits per heavy atom. The van der Waals surface area contributed by atoms with Crippen molar-refractivity contribution < 1.29 is 9.21 Å². The van der Waals surface area contributed by atoms with Gasteiger partial charge >= 0.3 is 0 Å². The van der Waals surface area contributed by atoms with Crippen LogP contribution in [0.2, 0.25) is 0 Å². The molecule has 0 aliphatic rings. The number of rotatable bonds is 7. The van der Waals surface area contributed by atoms with Gasteiger partial charge in [0.1, 0.15) is 11.3 Å². The van der Waals surface area contributed by atoms with Crippen molar-refractivity contribution in [2.75, 3.05) is 5.75 Å². The van der Waals surface area contributed by atoms with Crippen LogP contribution in [0.5, 0.6) is 0 Å². The third-order valence-corrected chi connectivity index (χ3v) is 5.97. The third kappa shape index (κ3) is 4.11. The molecular formula is C23H24N4O2S. The molecular weight excluding hydrogens is 396 g/mol. The maximum atomic E-state index is 12.5. The van der Waals surface area contributed by atoms with E-state index in [2.05, 4.69) is 35.4 Å². The minimum atomic E-state index is -0.211. The van der Waals surface area contributed by atoms with E-state index >= 15 is 0 Å². The lowest BCUT2D eigenvalue weighted by molar-refractivity contribution is -0.119. The topological polar surface area (TPSA) is 73.0 Å². The van der Waals surface area contributed by atoms with Crippen LogP contribution >= 0.6 is 11.8 Å². The summed E-state index contributed by atoms with van der Waals surface area (Å²) in [6.07, 6.45) is 0. The van der Waals surface area contributed by atoms with Crippen LogP contribution in [-0.4, -0.2) is 26.4 Å². The number of carbonyl (C=O) groups is 1. The second-order valence-electron chi connectivity index (χ2n) is 7.13. The highest BCUT2D eigenvalue weighted by Gasteiger charge is 2.18. The van der Waals surface area contributed by atoms with Crippen LogP contribution in [0.4, 0.5) is 0 Å². The molecule has 1 amide bonds. The van der Waals surface area contributed by atoms with Crippen molar-refractivity contribution in [3.63, 3.8) is 0 Å². The maximum absolute atomic E-state index is 12.5. The molecule has 30 heavy (non-hydrogen) atoms. The number of hydrogen-bond donors (Lipinski definition) is 1. The minimum absolute atomic E-state index is 0.0731. The Hall–Kier alpha value is -3.06. The first-order valence-corrected chi connectivity index (χ1v) is 10.9. The van der Waals surface area contributed by atoms with Gasteiger partial charge in [-0.1, -0.05) is 54.2 Å². The van der Waals surface area contributed by atoms with Gasteiger partial charge in [-0.25, -0.2) is 0 Å². The molecule has 0 aliphatic heterocycles. The number of carbonyl (C=O) groups excluding carboxylic acids is 1. The zero-order valence-corrected chi connectivity index (χ0v) is 18.1. The molecule has 4 rings (SSSR count). The fourth-order valence-electron chi connectivity index (χ4n) is 3.40. The summed E-state index contributed by atoms with van der Waals surface area (Å²) in [7, 11) is 0. The molecule has 2 aromatic carbocycles. The van der Waals surface area contributed by atoms with Crippen LogP contribution in [0.1, 0.15) is 31.2 Å². The number of fused-ring (bicyclic) bond motifs is 1. The summed E-state index contributed by atoms with van der Waals surface area (Å²) in [5.41, 5.74) is 3.03. The number of thioether (sulfide) groups is 1. The van der Waals surface area contributed by atoms with E-state index < -0.39 is 0 Å². The van der Waals surface area contributed by atoms with Crippen LogP contribution in [0, 0.1) is 6.92 Å². The Balaban J connectivity index is 1.42. The van der Waals surface area contributed by atoms with Crippen LogP contribution in [0.3, 0.4) is 0 Å². The Kier molecular flexibility index (Phi) is 5.90. The van der Waals surface area contributed by atoms with Gasteiger partial charge in [-0.05, 0) is 38.5 Å². The van der Waals surface area contributed by atoms with Gasteiger partial charge in [0.15, 0.2) is 11.0 Å². The summed E-state index contributed by atoms with van der Waals surface area (Å²) in [5.74, 6) is 1.76. The lowest BCUT2D eigenvalue weighted by Gasteiger charge is -2.12. The van der Waals surface area contributed by atoms with Crippen molar-refractivity contribution in [2.24, 2.45) is 0 Å². The van der Waals surface area contributed by atoms with Crippen molar-refractivity contribution in [2.45, 2.75) is 38.5 Å². The first-order valence-electron chi connectivity index (χ1n) is 9.96. The van der Waals surface area contributed by atoms with Crippen LogP contribution in [0.25, 0.3) is 22.4 Å². The molecule has 0 fully saturated rings. The number of amides is 1. The lowest BCUT2D eigenvalue weighted by atomic mass is 10.1. The number of aryl methyl sites for hydroxylation is 1. The quantitative estimate of drug-likeness (QED) is 0.427. The molecule has 2 heterocycles. The van der Waals surface area contributed by atoms with Gasteiger partial charge < -0.3 is 14.3 Å². The predicted molar refractivity (Wildman–Crippen MR) is 119 cm³/mol. The number of nitrogens with one attached hydrogen (secondary N) is 1. The van der Waals surface area contributed by atoms with E-state index in [4.69, 9.17) is 4.42 Å². The molecule has 154 valence electrons. The van der Waals surface area contributed by atoms with Gasteiger partial charge in [-0.15, -0.1) is 10.2 Å². The molecule has 0 saturated heterocycles. The van der Waals surface area contributed by atoms with Gasteiger partial charge in [-0.3, -0.25) is 4.79 Å². The molecule has 6 nitrogen and oxygen atoms in total. The molecule has 0 aliphatic carbocycles. The van der Waals surface area contributed by atoms with Crippen molar-refractivity contribution in [3.8, 4) is 11.4 Å².